The quantitative estimate of drug-likeness (QED) is 0.743. The van der Waals surface area contributed by atoms with E-state index < -0.39 is 0 Å². The molecule has 2 saturated heterocycles. The zero-order chi connectivity index (χ0) is 19.8. The van der Waals surface area contributed by atoms with Crippen LogP contribution in [-0.4, -0.2) is 79.6 Å². The van der Waals surface area contributed by atoms with E-state index in [-0.39, 0.29) is 5.91 Å². The fourth-order valence-corrected chi connectivity index (χ4v) is 4.25. The maximum Gasteiger partial charge on any atom is 0.252 e. The summed E-state index contributed by atoms with van der Waals surface area (Å²) < 4.78 is 0. The van der Waals surface area contributed by atoms with E-state index in [4.69, 9.17) is 0 Å². The van der Waals surface area contributed by atoms with Crippen molar-refractivity contribution >= 4 is 11.7 Å². The van der Waals surface area contributed by atoms with Crippen molar-refractivity contribution in [3.05, 3.63) is 23.9 Å². The predicted octanol–water partition coefficient (Wildman–Crippen LogP) is 2.61. The summed E-state index contributed by atoms with van der Waals surface area (Å²) in [5.74, 6) is 0.970. The Bertz CT molecular complexity index is 597. The summed E-state index contributed by atoms with van der Waals surface area (Å²) in [6.07, 6.45) is 9.12. The summed E-state index contributed by atoms with van der Waals surface area (Å²) in [4.78, 5) is 24.3. The first-order chi connectivity index (χ1) is 13.7. The Balaban J connectivity index is 1.41. The van der Waals surface area contributed by atoms with Crippen LogP contribution in [0.15, 0.2) is 18.3 Å². The third kappa shape index (κ3) is 5.92. The summed E-state index contributed by atoms with van der Waals surface area (Å²) in [7, 11) is 2.19. The lowest BCUT2D eigenvalue weighted by atomic mass is 10.0. The molecule has 6 heteroatoms. The maximum absolute atomic E-state index is 12.4. The van der Waals surface area contributed by atoms with Gasteiger partial charge in [-0.05, 0) is 58.0 Å². The number of unbranched alkanes of at least 4 members (excludes halogenated alkanes) is 1. The average molecular weight is 388 g/mol. The van der Waals surface area contributed by atoms with Crippen molar-refractivity contribution in [2.75, 3.05) is 57.8 Å². The first-order valence-corrected chi connectivity index (χ1v) is 11.1. The van der Waals surface area contributed by atoms with E-state index in [9.17, 15) is 4.79 Å². The molecule has 1 aromatic rings. The van der Waals surface area contributed by atoms with E-state index in [1.807, 2.05) is 12.1 Å². The van der Waals surface area contributed by atoms with Gasteiger partial charge in [0.1, 0.15) is 5.82 Å². The highest BCUT2D eigenvalue weighted by atomic mass is 16.1. The number of carbonyl (C=O) groups is 1. The summed E-state index contributed by atoms with van der Waals surface area (Å²) in [6.45, 7) is 9.57. The van der Waals surface area contributed by atoms with Gasteiger partial charge in [-0.3, -0.25) is 9.69 Å². The number of nitrogens with zero attached hydrogens (tertiary/aromatic N) is 4. The van der Waals surface area contributed by atoms with Crippen LogP contribution < -0.4 is 10.2 Å². The number of likely N-dealkylation sites (tertiary alicyclic amines) is 1. The van der Waals surface area contributed by atoms with Gasteiger partial charge in [0.15, 0.2) is 0 Å². The minimum atomic E-state index is -0.0121. The van der Waals surface area contributed by atoms with Crippen LogP contribution in [0.4, 0.5) is 5.82 Å². The van der Waals surface area contributed by atoms with Crippen molar-refractivity contribution in [3.63, 3.8) is 0 Å². The standard InChI is InChI=1S/C22H37N5O/c1-3-4-13-26-14-16-27(17-15-26)21-9-8-19(18-24-21)22(28)23-11-10-20-7-5-6-12-25(20)2/h8-9,18,20H,3-7,10-17H2,1-2H3,(H,23,28)/t20-/m1/s1. The molecule has 2 aliphatic heterocycles. The minimum absolute atomic E-state index is 0.0121. The molecule has 0 saturated carbocycles. The summed E-state index contributed by atoms with van der Waals surface area (Å²) in [6, 6.07) is 4.50. The number of hydrogen-bond donors (Lipinski definition) is 1. The molecule has 1 amide bonds. The molecule has 1 aromatic heterocycles. The second kappa shape index (κ2) is 10.8. The molecule has 2 fully saturated rings. The number of nitrogens with one attached hydrogen (secondary N) is 1. The van der Waals surface area contributed by atoms with Gasteiger partial charge in [-0.2, -0.15) is 0 Å². The minimum Gasteiger partial charge on any atom is -0.354 e. The van der Waals surface area contributed by atoms with Gasteiger partial charge in [0.2, 0.25) is 0 Å². The molecule has 156 valence electrons. The van der Waals surface area contributed by atoms with Crippen LogP contribution >= 0.6 is 0 Å². The van der Waals surface area contributed by atoms with Crippen LogP contribution in [0.5, 0.6) is 0 Å². The van der Waals surface area contributed by atoms with Crippen LogP contribution in [0, 0.1) is 0 Å². The molecule has 0 spiro atoms. The smallest absolute Gasteiger partial charge is 0.252 e. The van der Waals surface area contributed by atoms with Crippen LogP contribution in [-0.2, 0) is 0 Å². The third-order valence-corrected chi connectivity index (χ3v) is 6.22. The molecule has 1 atom stereocenters. The first kappa shape index (κ1) is 21.1. The molecule has 1 N–H and O–H groups in total. The Kier molecular flexibility index (Phi) is 8.10. The molecule has 0 aromatic carbocycles. The number of piperidine rings is 1. The molecule has 0 bridgehead atoms. The fraction of sp³-hybridized carbons (Fsp3) is 0.727. The zero-order valence-corrected chi connectivity index (χ0v) is 17.7. The molecule has 0 unspecified atom stereocenters. The van der Waals surface area contributed by atoms with Crippen molar-refractivity contribution in [1.82, 2.24) is 20.1 Å². The monoisotopic (exact) mass is 387 g/mol. The highest BCUT2D eigenvalue weighted by Gasteiger charge is 2.19. The number of pyridine rings is 1. The lowest BCUT2D eigenvalue weighted by molar-refractivity contribution is 0.0945. The highest BCUT2D eigenvalue weighted by Crippen LogP contribution is 2.17. The number of aromatic nitrogens is 1. The molecule has 3 heterocycles. The van der Waals surface area contributed by atoms with Crippen LogP contribution in [0.1, 0.15) is 55.8 Å². The number of anilines is 1. The molecular formula is C22H37N5O. The van der Waals surface area contributed by atoms with Gasteiger partial charge in [0.05, 0.1) is 5.56 Å². The molecule has 0 aliphatic carbocycles. The number of rotatable bonds is 8. The third-order valence-electron chi connectivity index (χ3n) is 6.22. The molecule has 6 nitrogen and oxygen atoms in total. The number of amides is 1. The van der Waals surface area contributed by atoms with E-state index in [1.165, 1.54) is 45.2 Å². The molecular weight excluding hydrogens is 350 g/mol. The molecule has 2 aliphatic rings. The Morgan fingerprint density at radius 3 is 2.68 bits per heavy atom. The van der Waals surface area contributed by atoms with Crippen LogP contribution in [0.25, 0.3) is 0 Å². The fourth-order valence-electron chi connectivity index (χ4n) is 4.25. The van der Waals surface area contributed by atoms with Crippen LogP contribution in [0.2, 0.25) is 0 Å². The molecule has 3 rings (SSSR count). The van der Waals surface area contributed by atoms with Gasteiger partial charge in [-0.25, -0.2) is 4.98 Å². The number of carbonyl (C=O) groups excluding carboxylic acids is 1. The molecule has 28 heavy (non-hydrogen) atoms. The Morgan fingerprint density at radius 2 is 2.00 bits per heavy atom. The van der Waals surface area contributed by atoms with E-state index in [0.717, 1.165) is 45.0 Å². The second-order valence-corrected chi connectivity index (χ2v) is 8.26. The maximum atomic E-state index is 12.4. The van der Waals surface area contributed by atoms with E-state index in [0.29, 0.717) is 11.6 Å². The largest absolute Gasteiger partial charge is 0.354 e. The summed E-state index contributed by atoms with van der Waals surface area (Å²) in [5.41, 5.74) is 0.655. The topological polar surface area (TPSA) is 51.7 Å². The SMILES string of the molecule is CCCCN1CCN(c2ccc(C(=O)NCC[C@H]3CCCCN3C)cn2)CC1. The van der Waals surface area contributed by atoms with E-state index in [1.54, 1.807) is 6.20 Å². The Labute approximate surface area is 170 Å². The predicted molar refractivity (Wildman–Crippen MR) is 115 cm³/mol. The van der Waals surface area contributed by atoms with Gasteiger partial charge in [0.25, 0.3) is 5.91 Å². The van der Waals surface area contributed by atoms with Crippen molar-refractivity contribution in [1.29, 1.82) is 0 Å². The van der Waals surface area contributed by atoms with Gasteiger partial charge in [-0.15, -0.1) is 0 Å². The van der Waals surface area contributed by atoms with E-state index in [2.05, 4.69) is 39.0 Å². The normalized spacial score (nSPS) is 21.6. The van der Waals surface area contributed by atoms with Gasteiger partial charge < -0.3 is 15.1 Å². The Hall–Kier alpha value is -1.66. The number of hydrogen-bond acceptors (Lipinski definition) is 5. The first-order valence-electron chi connectivity index (χ1n) is 11.1. The lowest BCUT2D eigenvalue weighted by Gasteiger charge is -2.35. The zero-order valence-electron chi connectivity index (χ0n) is 17.7. The number of piperazine rings is 1. The van der Waals surface area contributed by atoms with E-state index >= 15 is 0 Å². The summed E-state index contributed by atoms with van der Waals surface area (Å²) in [5, 5.41) is 3.07. The Morgan fingerprint density at radius 1 is 1.18 bits per heavy atom. The summed E-state index contributed by atoms with van der Waals surface area (Å²) >= 11 is 0. The van der Waals surface area contributed by atoms with Crippen LogP contribution in [0.3, 0.4) is 0 Å². The van der Waals surface area contributed by atoms with Crippen molar-refractivity contribution in [2.45, 2.75) is 51.5 Å². The molecule has 0 radical (unpaired) electrons. The lowest BCUT2D eigenvalue weighted by Crippen LogP contribution is -2.46. The second-order valence-electron chi connectivity index (χ2n) is 8.26. The highest BCUT2D eigenvalue weighted by molar-refractivity contribution is 5.94. The van der Waals surface area contributed by atoms with Gasteiger partial charge in [0, 0.05) is 45.0 Å². The van der Waals surface area contributed by atoms with Crippen molar-refractivity contribution in [3.8, 4) is 0 Å². The van der Waals surface area contributed by atoms with Crippen molar-refractivity contribution < 1.29 is 4.79 Å². The van der Waals surface area contributed by atoms with Gasteiger partial charge in [-0.1, -0.05) is 19.8 Å². The van der Waals surface area contributed by atoms with Gasteiger partial charge >= 0.3 is 0 Å². The van der Waals surface area contributed by atoms with Crippen molar-refractivity contribution in [2.24, 2.45) is 0 Å². The average Bonchev–Trinajstić information content (AvgIpc) is 2.74.